The Morgan fingerprint density at radius 1 is 0.432 bits per heavy atom. The van der Waals surface area contributed by atoms with E-state index in [1.807, 2.05) is 72.8 Å². The summed E-state index contributed by atoms with van der Waals surface area (Å²) >= 11 is 0. The van der Waals surface area contributed by atoms with Gasteiger partial charge in [0, 0.05) is 24.8 Å². The van der Waals surface area contributed by atoms with Crippen LogP contribution in [0.1, 0.15) is 0 Å². The number of hydrogen-bond acceptors (Lipinski definition) is 14. The molecule has 4 atom stereocenters. The summed E-state index contributed by atoms with van der Waals surface area (Å²) in [5.74, 6) is 0. The zero-order valence-corrected chi connectivity index (χ0v) is 26.8. The topological polar surface area (TPSA) is 311 Å². The van der Waals surface area contributed by atoms with Crippen LogP contribution in [0.15, 0.2) is 97.6 Å². The van der Waals surface area contributed by atoms with Crippen molar-refractivity contribution in [3.63, 3.8) is 0 Å². The molecule has 0 bridgehead atoms. The molecule has 0 aliphatic heterocycles. The van der Waals surface area contributed by atoms with Crippen LogP contribution in [0.4, 0.5) is 0 Å². The molecule has 4 aromatic rings. The van der Waals surface area contributed by atoms with Crippen molar-refractivity contribution in [3.05, 3.63) is 97.6 Å². The number of pyridine rings is 4. The summed E-state index contributed by atoms with van der Waals surface area (Å²) in [4.78, 5) is 85.0. The molecule has 24 heteroatoms. The van der Waals surface area contributed by atoms with Crippen LogP contribution >= 0.6 is 31.3 Å². The number of hydrogen-bond donors (Lipinski definition) is 4. The summed E-state index contributed by atoms with van der Waals surface area (Å²) in [5.41, 5.74) is 3.66. The van der Waals surface area contributed by atoms with Crippen LogP contribution in [-0.2, 0) is 61.0 Å². The maximum atomic E-state index is 9.48. The molecule has 0 amide bonds. The normalized spacial score (nSPS) is 15.3. The van der Waals surface area contributed by atoms with E-state index in [1.54, 1.807) is 24.8 Å². The van der Waals surface area contributed by atoms with Crippen LogP contribution in [0.2, 0.25) is 0 Å². The van der Waals surface area contributed by atoms with Crippen LogP contribution in [-0.4, -0.2) is 39.5 Å². The molecule has 18 nitrogen and oxygen atoms in total. The smallest absolute Gasteiger partial charge is 0.756 e. The van der Waals surface area contributed by atoms with Crippen LogP contribution in [0.25, 0.3) is 22.8 Å². The molecule has 2 radical (unpaired) electrons. The molecule has 4 N–H and O–H groups in total. The third kappa shape index (κ3) is 24.5. The van der Waals surface area contributed by atoms with Gasteiger partial charge in [-0.05, 0) is 48.5 Å². The van der Waals surface area contributed by atoms with Gasteiger partial charge in [0.2, 0.25) is 0 Å². The second-order valence-electron chi connectivity index (χ2n) is 6.90. The molecule has 0 aromatic carbocycles. The average Bonchev–Trinajstić information content (AvgIpc) is 2.88. The van der Waals surface area contributed by atoms with Gasteiger partial charge in [0.15, 0.2) is 0 Å². The van der Waals surface area contributed by atoms with E-state index in [0.717, 1.165) is 22.8 Å². The standard InChI is InChI=1S/2C10H8N2.2Cu.2H4O7P2/c2*1-3-7-11-9(5-1)10-6-2-4-8-12-10;;;2*1-8(2,3)7-9(4,5)6/h2*1-8H;;;2*(H2,1,2,3)(H2,4,5,6)/q;;2*+2;;/p-4. The Kier molecular flexibility index (Phi) is 21.2. The molecule has 44 heavy (non-hydrogen) atoms. The zero-order chi connectivity index (χ0) is 31.9. The van der Waals surface area contributed by atoms with Gasteiger partial charge in [-0.15, -0.1) is 0 Å². The fraction of sp³-hybridized carbons (Fsp3) is 0. The minimum atomic E-state index is -5.36. The van der Waals surface area contributed by atoms with Gasteiger partial charge >= 0.3 is 34.1 Å². The van der Waals surface area contributed by atoms with Crippen molar-refractivity contribution >= 4 is 31.3 Å². The fourth-order valence-corrected chi connectivity index (χ4v) is 4.40. The molecule has 0 aliphatic carbocycles. The molecule has 0 saturated carbocycles. The molecule has 0 spiro atoms. The van der Waals surface area contributed by atoms with Gasteiger partial charge in [0.05, 0.1) is 22.8 Å². The SMILES string of the molecule is O=P([O-])(O)OP(=O)([O-])O.O=P([O-])(O)OP(=O)([O-])O.[Cu+2].[Cu+2].c1ccc(-c2ccccn2)nc1.c1ccc(-c2ccccn2)nc1. The largest absolute Gasteiger partial charge is 2.00 e. The van der Waals surface area contributed by atoms with Crippen molar-refractivity contribution in [3.8, 4) is 22.8 Å². The third-order valence-corrected chi connectivity index (χ3v) is 6.90. The Morgan fingerprint density at radius 3 is 0.705 bits per heavy atom. The van der Waals surface area contributed by atoms with E-state index in [0.29, 0.717) is 0 Å². The summed E-state index contributed by atoms with van der Waals surface area (Å²) in [7, 11) is -21.5. The molecule has 0 fully saturated rings. The Labute approximate surface area is 270 Å². The summed E-state index contributed by atoms with van der Waals surface area (Å²) in [6.45, 7) is 0. The van der Waals surface area contributed by atoms with E-state index in [-0.39, 0.29) is 34.1 Å². The Bertz CT molecular complexity index is 1300. The van der Waals surface area contributed by atoms with E-state index >= 15 is 0 Å². The van der Waals surface area contributed by atoms with Crippen LogP contribution in [0.3, 0.4) is 0 Å². The summed E-state index contributed by atoms with van der Waals surface area (Å²) < 4.78 is 43.4. The first kappa shape index (κ1) is 44.3. The number of phosphoric acid groups is 4. The van der Waals surface area contributed by atoms with E-state index in [9.17, 15) is 37.8 Å². The van der Waals surface area contributed by atoms with Gasteiger partial charge in [-0.25, -0.2) is 8.62 Å². The van der Waals surface area contributed by atoms with Crippen molar-refractivity contribution in [1.82, 2.24) is 19.9 Å². The van der Waals surface area contributed by atoms with Gasteiger partial charge in [-0.3, -0.25) is 38.2 Å². The predicted molar refractivity (Wildman–Crippen MR) is 136 cm³/mol. The Hall–Kier alpha value is -1.84. The summed E-state index contributed by atoms with van der Waals surface area (Å²) in [6, 6.07) is 23.2. The molecular formula is C20H20Cu2N4O14P4. The van der Waals surface area contributed by atoms with Gasteiger partial charge in [-0.1, -0.05) is 24.3 Å². The first-order valence-corrected chi connectivity index (χ1v) is 16.6. The van der Waals surface area contributed by atoms with Gasteiger partial charge in [0.1, 0.15) is 0 Å². The number of nitrogens with zero attached hydrogens (tertiary/aromatic N) is 4. The molecule has 4 unspecified atom stereocenters. The maximum absolute atomic E-state index is 9.48. The fourth-order valence-electron chi connectivity index (χ4n) is 2.32. The second-order valence-corrected chi connectivity index (χ2v) is 12.0. The monoisotopic (exact) mass is 790 g/mol. The van der Waals surface area contributed by atoms with E-state index in [2.05, 4.69) is 28.6 Å². The zero-order valence-electron chi connectivity index (χ0n) is 21.3. The van der Waals surface area contributed by atoms with Gasteiger partial charge in [0.25, 0.3) is 31.3 Å². The maximum Gasteiger partial charge on any atom is 2.00 e. The number of aromatic nitrogens is 4. The van der Waals surface area contributed by atoms with Crippen molar-refractivity contribution in [2.75, 3.05) is 0 Å². The minimum Gasteiger partial charge on any atom is -0.756 e. The number of rotatable bonds is 6. The predicted octanol–water partition coefficient (Wildman–Crippen LogP) is 0.131. The van der Waals surface area contributed by atoms with Gasteiger partial charge < -0.3 is 39.1 Å². The van der Waals surface area contributed by atoms with Gasteiger partial charge in [-0.2, -0.15) is 0 Å². The average molecular weight is 791 g/mol. The van der Waals surface area contributed by atoms with Crippen molar-refractivity contribution in [1.29, 1.82) is 0 Å². The van der Waals surface area contributed by atoms with E-state index in [4.69, 9.17) is 19.6 Å². The molecule has 4 aromatic heterocycles. The molecule has 0 aliphatic rings. The van der Waals surface area contributed by atoms with Crippen molar-refractivity contribution < 1.29 is 100 Å². The molecular weight excluding hydrogens is 771 g/mol. The van der Waals surface area contributed by atoms with Crippen molar-refractivity contribution in [2.45, 2.75) is 0 Å². The molecule has 0 saturated heterocycles. The van der Waals surface area contributed by atoms with Crippen molar-refractivity contribution in [2.24, 2.45) is 0 Å². The van der Waals surface area contributed by atoms with E-state index in [1.165, 1.54) is 0 Å². The van der Waals surface area contributed by atoms with Crippen LogP contribution < -0.4 is 19.6 Å². The molecule has 4 rings (SSSR count). The minimum absolute atomic E-state index is 0. The molecule has 246 valence electrons. The summed E-state index contributed by atoms with van der Waals surface area (Å²) in [6.07, 6.45) is 7.07. The van der Waals surface area contributed by atoms with Crippen LogP contribution in [0.5, 0.6) is 0 Å². The second kappa shape index (κ2) is 21.0. The quantitative estimate of drug-likeness (QED) is 0.149. The molecule has 4 heterocycles. The van der Waals surface area contributed by atoms with Crippen LogP contribution in [0, 0.1) is 0 Å². The van der Waals surface area contributed by atoms with E-state index < -0.39 is 31.3 Å². The summed E-state index contributed by atoms with van der Waals surface area (Å²) in [5, 5.41) is 0. The third-order valence-electron chi connectivity index (χ3n) is 3.60. The first-order valence-electron chi connectivity index (χ1n) is 10.6. The Morgan fingerprint density at radius 2 is 0.614 bits per heavy atom. The Balaban J connectivity index is 0. The first-order chi connectivity index (χ1) is 19.3.